The molecule has 182 valence electrons. The standard InChI is InChI=1S/C31H34FNO2/c1-34-27-10-4-9-25(21-27)30-12-5-8-23-7-2-3-11-29(23)31(30)24-13-15-26(16-14-24)35-28-17-20-33(22-28)19-6-18-32/h2-4,7,9-11,13-16,21,28H,5-6,8,12,17-20,22H2,1H3. The number of ether oxygens (including phenoxy) is 2. The number of hydrogen-bond donors (Lipinski definition) is 0. The topological polar surface area (TPSA) is 21.7 Å². The van der Waals surface area contributed by atoms with Gasteiger partial charge in [-0.3, -0.25) is 9.29 Å². The molecule has 0 amide bonds. The van der Waals surface area contributed by atoms with E-state index in [9.17, 15) is 4.39 Å². The average molecular weight is 472 g/mol. The summed E-state index contributed by atoms with van der Waals surface area (Å²) in [4.78, 5) is 2.30. The Morgan fingerprint density at radius 1 is 0.914 bits per heavy atom. The summed E-state index contributed by atoms with van der Waals surface area (Å²) in [6.07, 6.45) is 4.99. The van der Waals surface area contributed by atoms with Crippen LogP contribution in [0.15, 0.2) is 72.8 Å². The summed E-state index contributed by atoms with van der Waals surface area (Å²) in [5.41, 5.74) is 7.81. The van der Waals surface area contributed by atoms with Gasteiger partial charge in [0, 0.05) is 19.6 Å². The van der Waals surface area contributed by atoms with Crippen molar-refractivity contribution in [3.63, 3.8) is 0 Å². The lowest BCUT2D eigenvalue weighted by Gasteiger charge is -2.19. The number of alkyl halides is 1. The fourth-order valence-electron chi connectivity index (χ4n) is 5.43. The molecule has 1 fully saturated rings. The van der Waals surface area contributed by atoms with E-state index in [0.29, 0.717) is 6.42 Å². The normalized spacial score (nSPS) is 18.3. The Balaban J connectivity index is 1.46. The predicted octanol–water partition coefficient (Wildman–Crippen LogP) is 6.80. The highest BCUT2D eigenvalue weighted by Gasteiger charge is 2.24. The number of nitrogens with zero attached hydrogens (tertiary/aromatic N) is 1. The highest BCUT2D eigenvalue weighted by molar-refractivity contribution is 6.00. The number of halogens is 1. The van der Waals surface area contributed by atoms with Gasteiger partial charge in [0.2, 0.25) is 0 Å². The zero-order valence-corrected chi connectivity index (χ0v) is 20.5. The quantitative estimate of drug-likeness (QED) is 0.360. The molecule has 4 heteroatoms. The van der Waals surface area contributed by atoms with Crippen molar-refractivity contribution in [1.82, 2.24) is 4.90 Å². The zero-order chi connectivity index (χ0) is 24.0. The van der Waals surface area contributed by atoms with Gasteiger partial charge < -0.3 is 9.47 Å². The Bertz CT molecular complexity index is 1170. The smallest absolute Gasteiger partial charge is 0.119 e. The second-order valence-electron chi connectivity index (χ2n) is 9.49. The van der Waals surface area contributed by atoms with E-state index < -0.39 is 0 Å². The molecule has 2 aliphatic rings. The highest BCUT2D eigenvalue weighted by atomic mass is 19.1. The maximum Gasteiger partial charge on any atom is 0.119 e. The molecule has 0 N–H and O–H groups in total. The van der Waals surface area contributed by atoms with Crippen LogP contribution in [0.3, 0.4) is 0 Å². The maximum atomic E-state index is 12.5. The van der Waals surface area contributed by atoms with Gasteiger partial charge in [0.1, 0.15) is 17.6 Å². The molecule has 5 rings (SSSR count). The van der Waals surface area contributed by atoms with E-state index in [4.69, 9.17) is 9.47 Å². The fraction of sp³-hybridized carbons (Fsp3) is 0.355. The van der Waals surface area contributed by atoms with Gasteiger partial charge in [0.15, 0.2) is 0 Å². The van der Waals surface area contributed by atoms with Crippen LogP contribution >= 0.6 is 0 Å². The molecule has 0 spiro atoms. The summed E-state index contributed by atoms with van der Waals surface area (Å²) in [5.74, 6) is 1.78. The SMILES string of the molecule is COc1cccc(C2=C(c3ccc(OC4CCN(CCCF)C4)cc3)c3ccccc3CCC2)c1. The molecule has 0 radical (unpaired) electrons. The van der Waals surface area contributed by atoms with E-state index in [1.807, 2.05) is 6.07 Å². The van der Waals surface area contributed by atoms with Crippen molar-refractivity contribution in [2.75, 3.05) is 33.4 Å². The van der Waals surface area contributed by atoms with Gasteiger partial charge in [-0.2, -0.15) is 0 Å². The number of hydrogen-bond acceptors (Lipinski definition) is 3. The zero-order valence-electron chi connectivity index (χ0n) is 20.5. The maximum absolute atomic E-state index is 12.5. The fourth-order valence-corrected chi connectivity index (χ4v) is 5.43. The molecular formula is C31H34FNO2. The number of methoxy groups -OCH3 is 1. The second kappa shape index (κ2) is 11.1. The van der Waals surface area contributed by atoms with E-state index in [1.165, 1.54) is 33.4 Å². The second-order valence-corrected chi connectivity index (χ2v) is 9.49. The third-order valence-corrected chi connectivity index (χ3v) is 7.16. The number of fused-ring (bicyclic) bond motifs is 1. The van der Waals surface area contributed by atoms with Crippen LogP contribution in [-0.4, -0.2) is 44.4 Å². The Labute approximate surface area is 208 Å². The van der Waals surface area contributed by atoms with Gasteiger partial charge in [-0.25, -0.2) is 0 Å². The van der Waals surface area contributed by atoms with Gasteiger partial charge in [0.05, 0.1) is 13.8 Å². The van der Waals surface area contributed by atoms with Gasteiger partial charge in [-0.05, 0) is 89.8 Å². The van der Waals surface area contributed by atoms with Crippen LogP contribution in [0, 0.1) is 0 Å². The minimum Gasteiger partial charge on any atom is -0.497 e. The molecule has 35 heavy (non-hydrogen) atoms. The molecule has 1 atom stereocenters. The molecule has 1 aliphatic carbocycles. The minimum atomic E-state index is -0.250. The number of rotatable bonds is 8. The Morgan fingerprint density at radius 3 is 2.60 bits per heavy atom. The summed E-state index contributed by atoms with van der Waals surface area (Å²) < 4.78 is 24.3. The molecule has 1 heterocycles. The van der Waals surface area contributed by atoms with Crippen molar-refractivity contribution >= 4 is 11.1 Å². The van der Waals surface area contributed by atoms with Crippen molar-refractivity contribution in [3.05, 3.63) is 95.1 Å². The lowest BCUT2D eigenvalue weighted by molar-refractivity contribution is 0.198. The van der Waals surface area contributed by atoms with E-state index in [2.05, 4.69) is 71.6 Å². The van der Waals surface area contributed by atoms with Crippen LogP contribution < -0.4 is 9.47 Å². The molecule has 0 aromatic heterocycles. The number of benzene rings is 3. The molecule has 3 nitrogen and oxygen atoms in total. The summed E-state index contributed by atoms with van der Waals surface area (Å²) in [6, 6.07) is 25.8. The first-order valence-corrected chi connectivity index (χ1v) is 12.8. The Morgan fingerprint density at radius 2 is 1.77 bits per heavy atom. The van der Waals surface area contributed by atoms with Gasteiger partial charge in [-0.15, -0.1) is 0 Å². The first-order valence-electron chi connectivity index (χ1n) is 12.8. The number of likely N-dealkylation sites (tertiary alicyclic amines) is 1. The van der Waals surface area contributed by atoms with Gasteiger partial charge in [-0.1, -0.05) is 48.5 Å². The first-order chi connectivity index (χ1) is 17.2. The van der Waals surface area contributed by atoms with Crippen LogP contribution in [-0.2, 0) is 6.42 Å². The molecule has 3 aromatic carbocycles. The largest absolute Gasteiger partial charge is 0.497 e. The molecule has 1 saturated heterocycles. The van der Waals surface area contributed by atoms with Crippen molar-refractivity contribution in [3.8, 4) is 11.5 Å². The van der Waals surface area contributed by atoms with E-state index in [1.54, 1.807) is 7.11 Å². The van der Waals surface area contributed by atoms with Crippen molar-refractivity contribution in [1.29, 1.82) is 0 Å². The summed E-state index contributed by atoms with van der Waals surface area (Å²) >= 11 is 0. The predicted molar refractivity (Wildman–Crippen MR) is 141 cm³/mol. The van der Waals surface area contributed by atoms with Gasteiger partial charge >= 0.3 is 0 Å². The van der Waals surface area contributed by atoms with E-state index >= 15 is 0 Å². The highest BCUT2D eigenvalue weighted by Crippen LogP contribution is 2.40. The van der Waals surface area contributed by atoms with Crippen LogP contribution in [0.4, 0.5) is 4.39 Å². The number of aryl methyl sites for hydroxylation is 1. The van der Waals surface area contributed by atoms with Crippen molar-refractivity contribution < 1.29 is 13.9 Å². The molecule has 0 bridgehead atoms. The lowest BCUT2D eigenvalue weighted by Crippen LogP contribution is -2.26. The van der Waals surface area contributed by atoms with Crippen LogP contribution in [0.2, 0.25) is 0 Å². The van der Waals surface area contributed by atoms with Gasteiger partial charge in [0.25, 0.3) is 0 Å². The summed E-state index contributed by atoms with van der Waals surface area (Å²) in [5, 5.41) is 0. The molecular weight excluding hydrogens is 437 g/mol. The molecule has 1 unspecified atom stereocenters. The van der Waals surface area contributed by atoms with E-state index in [-0.39, 0.29) is 12.8 Å². The average Bonchev–Trinajstić information content (AvgIpc) is 3.25. The van der Waals surface area contributed by atoms with Crippen molar-refractivity contribution in [2.24, 2.45) is 0 Å². The monoisotopic (exact) mass is 471 g/mol. The third kappa shape index (κ3) is 5.43. The third-order valence-electron chi connectivity index (χ3n) is 7.16. The molecule has 0 saturated carbocycles. The summed E-state index contributed by atoms with van der Waals surface area (Å²) in [6.45, 7) is 2.42. The van der Waals surface area contributed by atoms with Crippen LogP contribution in [0.5, 0.6) is 11.5 Å². The Hall–Kier alpha value is -3.11. The lowest BCUT2D eigenvalue weighted by atomic mass is 9.88. The molecule has 3 aromatic rings. The first kappa shape index (κ1) is 23.6. The van der Waals surface area contributed by atoms with E-state index in [0.717, 1.165) is 56.8 Å². The van der Waals surface area contributed by atoms with Crippen LogP contribution in [0.25, 0.3) is 11.1 Å². The van der Waals surface area contributed by atoms with Crippen molar-refractivity contribution in [2.45, 2.75) is 38.2 Å². The Kier molecular flexibility index (Phi) is 7.48. The molecule has 1 aliphatic heterocycles. The number of allylic oxidation sites excluding steroid dienone is 1. The minimum absolute atomic E-state index is 0.172. The van der Waals surface area contributed by atoms with Crippen LogP contribution in [0.1, 0.15) is 47.9 Å². The summed E-state index contributed by atoms with van der Waals surface area (Å²) in [7, 11) is 1.72.